The van der Waals surface area contributed by atoms with Crippen LogP contribution >= 0.6 is 35.0 Å². The molecular weight excluding hydrogens is 427 g/mol. The molecule has 148 valence electrons. The molecule has 0 atom stereocenters. The molecule has 0 heterocycles. The van der Waals surface area contributed by atoms with Crippen LogP contribution in [-0.4, -0.2) is 17.6 Å². The minimum Gasteiger partial charge on any atom is -0.326 e. The van der Waals surface area contributed by atoms with Crippen LogP contribution in [0.4, 0.5) is 11.4 Å². The standard InChI is InChI=1S/C22H18Cl2N2O2S/c23-16-6-11-19(24)20(13-16)26-22(28)14-29-18-9-7-17(8-10-18)25-21(27)12-15-4-2-1-3-5-15/h1-11,13H,12,14H2,(H,25,27)(H,26,28). The van der Waals surface area contributed by atoms with Crippen LogP contribution in [0, 0.1) is 0 Å². The molecular formula is C22H18Cl2N2O2S. The van der Waals surface area contributed by atoms with Crippen LogP contribution in [0.5, 0.6) is 0 Å². The highest BCUT2D eigenvalue weighted by Gasteiger charge is 2.08. The van der Waals surface area contributed by atoms with Gasteiger partial charge in [0, 0.05) is 15.6 Å². The van der Waals surface area contributed by atoms with Crippen molar-refractivity contribution in [3.8, 4) is 0 Å². The van der Waals surface area contributed by atoms with Crippen molar-refractivity contribution in [2.75, 3.05) is 16.4 Å². The molecule has 0 fully saturated rings. The molecule has 29 heavy (non-hydrogen) atoms. The van der Waals surface area contributed by atoms with Crippen molar-refractivity contribution < 1.29 is 9.59 Å². The van der Waals surface area contributed by atoms with Crippen LogP contribution in [-0.2, 0) is 16.0 Å². The predicted molar refractivity (Wildman–Crippen MR) is 121 cm³/mol. The third kappa shape index (κ3) is 6.82. The smallest absolute Gasteiger partial charge is 0.234 e. The van der Waals surface area contributed by atoms with Gasteiger partial charge >= 0.3 is 0 Å². The molecule has 0 spiro atoms. The van der Waals surface area contributed by atoms with E-state index in [0.717, 1.165) is 10.5 Å². The van der Waals surface area contributed by atoms with Gasteiger partial charge in [-0.3, -0.25) is 9.59 Å². The molecule has 3 aromatic carbocycles. The number of rotatable bonds is 7. The van der Waals surface area contributed by atoms with Crippen molar-refractivity contribution in [2.45, 2.75) is 11.3 Å². The molecule has 0 bridgehead atoms. The lowest BCUT2D eigenvalue weighted by atomic mass is 10.1. The summed E-state index contributed by atoms with van der Waals surface area (Å²) in [4.78, 5) is 25.2. The average molecular weight is 445 g/mol. The van der Waals surface area contributed by atoms with E-state index in [2.05, 4.69) is 10.6 Å². The summed E-state index contributed by atoms with van der Waals surface area (Å²) in [6.45, 7) is 0. The van der Waals surface area contributed by atoms with E-state index in [1.54, 1.807) is 18.2 Å². The number of halogens is 2. The highest BCUT2D eigenvalue weighted by Crippen LogP contribution is 2.26. The van der Waals surface area contributed by atoms with E-state index in [0.29, 0.717) is 27.8 Å². The Hall–Kier alpha value is -2.47. The number of carbonyl (C=O) groups excluding carboxylic acids is 2. The van der Waals surface area contributed by atoms with E-state index in [9.17, 15) is 9.59 Å². The molecule has 0 aliphatic heterocycles. The number of thioether (sulfide) groups is 1. The van der Waals surface area contributed by atoms with E-state index in [4.69, 9.17) is 23.2 Å². The highest BCUT2D eigenvalue weighted by atomic mass is 35.5. The van der Waals surface area contributed by atoms with Gasteiger partial charge in [-0.2, -0.15) is 0 Å². The summed E-state index contributed by atoms with van der Waals surface area (Å²) in [5.41, 5.74) is 2.16. The second-order valence-corrected chi connectivity index (χ2v) is 8.09. The van der Waals surface area contributed by atoms with Gasteiger partial charge in [0.2, 0.25) is 11.8 Å². The van der Waals surface area contributed by atoms with Crippen molar-refractivity contribution >= 4 is 58.2 Å². The molecule has 4 nitrogen and oxygen atoms in total. The fourth-order valence-corrected chi connectivity index (χ4v) is 3.58. The first-order valence-corrected chi connectivity index (χ1v) is 10.6. The molecule has 0 aliphatic carbocycles. The minimum atomic E-state index is -0.181. The summed E-state index contributed by atoms with van der Waals surface area (Å²) in [5.74, 6) is -0.0310. The summed E-state index contributed by atoms with van der Waals surface area (Å²) in [6.07, 6.45) is 0.323. The quantitative estimate of drug-likeness (QED) is 0.445. The highest BCUT2D eigenvalue weighted by molar-refractivity contribution is 8.00. The van der Waals surface area contributed by atoms with Gasteiger partial charge in [0.05, 0.1) is 22.9 Å². The van der Waals surface area contributed by atoms with Gasteiger partial charge in [-0.05, 0) is 48.0 Å². The van der Waals surface area contributed by atoms with Crippen LogP contribution in [0.25, 0.3) is 0 Å². The Morgan fingerprint density at radius 1 is 0.828 bits per heavy atom. The molecule has 0 radical (unpaired) electrons. The van der Waals surface area contributed by atoms with Crippen LogP contribution in [0.2, 0.25) is 10.0 Å². The SMILES string of the molecule is O=C(Cc1ccccc1)Nc1ccc(SCC(=O)Nc2cc(Cl)ccc2Cl)cc1. The largest absolute Gasteiger partial charge is 0.326 e. The molecule has 2 amide bonds. The average Bonchev–Trinajstić information content (AvgIpc) is 2.71. The van der Waals surface area contributed by atoms with E-state index in [1.807, 2.05) is 54.6 Å². The Morgan fingerprint density at radius 2 is 1.55 bits per heavy atom. The first-order chi connectivity index (χ1) is 14.0. The monoisotopic (exact) mass is 444 g/mol. The van der Waals surface area contributed by atoms with Crippen LogP contribution in [0.1, 0.15) is 5.56 Å². The maximum Gasteiger partial charge on any atom is 0.234 e. The maximum absolute atomic E-state index is 12.1. The Bertz CT molecular complexity index is 995. The van der Waals surface area contributed by atoms with Crippen molar-refractivity contribution in [3.05, 3.63) is 88.4 Å². The third-order valence-corrected chi connectivity index (χ3v) is 5.49. The lowest BCUT2D eigenvalue weighted by molar-refractivity contribution is -0.115. The van der Waals surface area contributed by atoms with Gasteiger partial charge in [-0.25, -0.2) is 0 Å². The zero-order chi connectivity index (χ0) is 20.6. The van der Waals surface area contributed by atoms with Gasteiger partial charge in [-0.15, -0.1) is 11.8 Å². The number of nitrogens with one attached hydrogen (secondary N) is 2. The maximum atomic E-state index is 12.1. The van der Waals surface area contributed by atoms with E-state index in [1.165, 1.54) is 11.8 Å². The molecule has 0 aliphatic rings. The van der Waals surface area contributed by atoms with Crippen LogP contribution in [0.15, 0.2) is 77.7 Å². The summed E-state index contributed by atoms with van der Waals surface area (Å²) >= 11 is 13.4. The van der Waals surface area contributed by atoms with Gasteiger partial charge in [-0.1, -0.05) is 53.5 Å². The van der Waals surface area contributed by atoms with Crippen LogP contribution in [0.3, 0.4) is 0 Å². The van der Waals surface area contributed by atoms with E-state index < -0.39 is 0 Å². The van der Waals surface area contributed by atoms with Crippen molar-refractivity contribution in [1.29, 1.82) is 0 Å². The summed E-state index contributed by atoms with van der Waals surface area (Å²) < 4.78 is 0. The van der Waals surface area contributed by atoms with Crippen molar-refractivity contribution in [2.24, 2.45) is 0 Å². The normalized spacial score (nSPS) is 10.4. The van der Waals surface area contributed by atoms with Crippen molar-refractivity contribution in [1.82, 2.24) is 0 Å². The third-order valence-electron chi connectivity index (χ3n) is 3.92. The Balaban J connectivity index is 1.48. The minimum absolute atomic E-state index is 0.0746. The van der Waals surface area contributed by atoms with Crippen molar-refractivity contribution in [3.63, 3.8) is 0 Å². The van der Waals surface area contributed by atoms with Gasteiger partial charge in [0.15, 0.2) is 0 Å². The first-order valence-electron chi connectivity index (χ1n) is 8.81. The van der Waals surface area contributed by atoms with Gasteiger partial charge < -0.3 is 10.6 Å². The Kier molecular flexibility index (Phi) is 7.58. The number of hydrogen-bond donors (Lipinski definition) is 2. The summed E-state index contributed by atoms with van der Waals surface area (Å²) in [7, 11) is 0. The van der Waals surface area contributed by atoms with E-state index >= 15 is 0 Å². The number of amides is 2. The van der Waals surface area contributed by atoms with Gasteiger partial charge in [0.1, 0.15) is 0 Å². The number of anilines is 2. The lowest BCUT2D eigenvalue weighted by Crippen LogP contribution is -2.14. The fourth-order valence-electron chi connectivity index (χ4n) is 2.55. The number of carbonyl (C=O) groups is 2. The second-order valence-electron chi connectivity index (χ2n) is 6.20. The topological polar surface area (TPSA) is 58.2 Å². The van der Waals surface area contributed by atoms with Gasteiger partial charge in [0.25, 0.3) is 0 Å². The summed E-state index contributed by atoms with van der Waals surface area (Å²) in [5, 5.41) is 6.56. The molecule has 2 N–H and O–H groups in total. The molecule has 0 saturated heterocycles. The molecule has 0 saturated carbocycles. The summed E-state index contributed by atoms with van der Waals surface area (Å²) in [6, 6.07) is 21.8. The zero-order valence-corrected chi connectivity index (χ0v) is 17.7. The fraction of sp³-hybridized carbons (Fsp3) is 0.0909. The lowest BCUT2D eigenvalue weighted by Gasteiger charge is -2.08. The second kappa shape index (κ2) is 10.3. The predicted octanol–water partition coefficient (Wildman–Crippen LogP) is 5.91. The van der Waals surface area contributed by atoms with E-state index in [-0.39, 0.29) is 17.6 Å². The molecule has 3 aromatic rings. The molecule has 7 heteroatoms. The Labute approximate surface area is 183 Å². The zero-order valence-electron chi connectivity index (χ0n) is 15.3. The Morgan fingerprint density at radius 3 is 2.28 bits per heavy atom. The molecule has 0 aromatic heterocycles. The van der Waals surface area contributed by atoms with Crippen LogP contribution < -0.4 is 10.6 Å². The number of benzene rings is 3. The molecule has 3 rings (SSSR count). The first kappa shape index (κ1) is 21.2. The number of hydrogen-bond acceptors (Lipinski definition) is 3. The molecule has 0 unspecified atom stereocenters.